The maximum atomic E-state index is 12.3. The number of allylic oxidation sites excluding steroid dienone is 4. The summed E-state index contributed by atoms with van der Waals surface area (Å²) in [6, 6.07) is 0. The molecule has 1 fully saturated rings. The van der Waals surface area contributed by atoms with Crippen LogP contribution in [-0.4, -0.2) is 24.3 Å². The van der Waals surface area contributed by atoms with Crippen molar-refractivity contribution < 1.29 is 14.3 Å². The zero-order chi connectivity index (χ0) is 22.9. The molecule has 5 atom stereocenters. The summed E-state index contributed by atoms with van der Waals surface area (Å²) in [5.74, 6) is 1.09. The molecule has 0 aliphatic carbocycles. The van der Waals surface area contributed by atoms with Crippen LogP contribution >= 0.6 is 0 Å². The molecule has 0 aromatic carbocycles. The predicted molar refractivity (Wildman–Crippen MR) is 130 cm³/mol. The Morgan fingerprint density at radius 1 is 1.26 bits per heavy atom. The molecule has 0 bridgehead atoms. The third-order valence-corrected chi connectivity index (χ3v) is 6.81. The number of ether oxygens (including phenoxy) is 2. The van der Waals surface area contributed by atoms with E-state index in [1.807, 2.05) is 0 Å². The fourth-order valence-electron chi connectivity index (χ4n) is 4.72. The number of hydrogen-bond donors (Lipinski definition) is 0. The first-order chi connectivity index (χ1) is 14.7. The molecule has 0 aromatic heterocycles. The Morgan fingerprint density at radius 3 is 2.74 bits per heavy atom. The van der Waals surface area contributed by atoms with Crippen LogP contribution in [0.4, 0.5) is 0 Å². The largest absolute Gasteiger partial charge is 0.457 e. The first-order valence-corrected chi connectivity index (χ1v) is 12.6. The van der Waals surface area contributed by atoms with Crippen molar-refractivity contribution in [2.45, 2.75) is 118 Å². The Bertz CT molecular complexity index is 643. The van der Waals surface area contributed by atoms with Gasteiger partial charge in [-0.3, -0.25) is 4.79 Å². The molecule has 31 heavy (non-hydrogen) atoms. The molecule has 2 heterocycles. The number of hydrogen-bond acceptors (Lipinski definition) is 3. The fourth-order valence-corrected chi connectivity index (χ4v) is 4.72. The Balaban J connectivity index is 1.88. The van der Waals surface area contributed by atoms with E-state index in [0.29, 0.717) is 30.5 Å². The second kappa shape index (κ2) is 12.6. The monoisotopic (exact) mass is 430 g/mol. The van der Waals surface area contributed by atoms with Crippen molar-refractivity contribution in [3.63, 3.8) is 0 Å². The summed E-state index contributed by atoms with van der Waals surface area (Å²) in [6.45, 7) is 13.5. The molecule has 0 saturated carbocycles. The van der Waals surface area contributed by atoms with Crippen molar-refractivity contribution in [3.8, 4) is 0 Å². The van der Waals surface area contributed by atoms with E-state index in [4.69, 9.17) is 9.47 Å². The van der Waals surface area contributed by atoms with Crippen molar-refractivity contribution in [3.05, 3.63) is 36.0 Å². The van der Waals surface area contributed by atoms with Crippen LogP contribution in [0.1, 0.15) is 99.3 Å². The van der Waals surface area contributed by atoms with Crippen molar-refractivity contribution in [2.24, 2.45) is 17.3 Å². The average Bonchev–Trinajstić information content (AvgIpc) is 3.46. The van der Waals surface area contributed by atoms with Crippen LogP contribution < -0.4 is 0 Å². The van der Waals surface area contributed by atoms with Crippen molar-refractivity contribution in [1.82, 2.24) is 0 Å². The summed E-state index contributed by atoms with van der Waals surface area (Å²) in [5.41, 5.74) is 1.39. The molecule has 0 aromatic rings. The quantitative estimate of drug-likeness (QED) is 0.172. The van der Waals surface area contributed by atoms with Crippen LogP contribution in [0.2, 0.25) is 0 Å². The SMILES string of the molecule is CCCC(C)(C)C1OC1CC(C)C=CC=C(C)C1C/C=C/CC(C)CCCCC(=O)O1. The van der Waals surface area contributed by atoms with Crippen LogP contribution in [0.3, 0.4) is 0 Å². The number of esters is 1. The number of rotatable bonds is 8. The molecule has 3 heteroatoms. The van der Waals surface area contributed by atoms with Crippen molar-refractivity contribution in [1.29, 1.82) is 0 Å². The molecule has 2 aliphatic rings. The van der Waals surface area contributed by atoms with Gasteiger partial charge in [-0.05, 0) is 55.4 Å². The highest BCUT2D eigenvalue weighted by Crippen LogP contribution is 2.44. The van der Waals surface area contributed by atoms with Crippen LogP contribution in [0, 0.1) is 17.3 Å². The van der Waals surface area contributed by atoms with E-state index in [1.165, 1.54) is 19.3 Å². The lowest BCUT2D eigenvalue weighted by atomic mass is 9.82. The third-order valence-electron chi connectivity index (χ3n) is 6.81. The van der Waals surface area contributed by atoms with Gasteiger partial charge in [-0.2, -0.15) is 0 Å². The van der Waals surface area contributed by atoms with E-state index in [-0.39, 0.29) is 17.5 Å². The molecule has 0 radical (unpaired) electrons. The molecule has 0 amide bonds. The summed E-state index contributed by atoms with van der Waals surface area (Å²) in [7, 11) is 0. The van der Waals surface area contributed by atoms with Gasteiger partial charge < -0.3 is 9.47 Å². The second-order valence-electron chi connectivity index (χ2n) is 10.6. The highest BCUT2D eigenvalue weighted by Gasteiger charge is 2.48. The lowest BCUT2D eigenvalue weighted by molar-refractivity contribution is -0.147. The summed E-state index contributed by atoms with van der Waals surface area (Å²) in [6.07, 6.45) is 20.7. The molecule has 5 unspecified atom stereocenters. The molecule has 1 saturated heterocycles. The molecular weight excluding hydrogens is 384 g/mol. The van der Waals surface area contributed by atoms with Crippen molar-refractivity contribution >= 4 is 5.97 Å². The van der Waals surface area contributed by atoms with Gasteiger partial charge in [-0.25, -0.2) is 0 Å². The maximum absolute atomic E-state index is 12.3. The zero-order valence-electron chi connectivity index (χ0n) is 20.9. The minimum Gasteiger partial charge on any atom is -0.457 e. The van der Waals surface area contributed by atoms with Gasteiger partial charge in [0.25, 0.3) is 0 Å². The smallest absolute Gasteiger partial charge is 0.306 e. The Labute approximate surface area is 191 Å². The van der Waals surface area contributed by atoms with Gasteiger partial charge in [-0.1, -0.05) is 84.3 Å². The van der Waals surface area contributed by atoms with E-state index in [2.05, 4.69) is 71.9 Å². The third kappa shape index (κ3) is 9.35. The number of carbonyl (C=O) groups excluding carboxylic acids is 1. The second-order valence-corrected chi connectivity index (χ2v) is 10.6. The average molecular weight is 431 g/mol. The Morgan fingerprint density at radius 2 is 2.00 bits per heavy atom. The Kier molecular flexibility index (Phi) is 10.6. The van der Waals surface area contributed by atoms with Gasteiger partial charge in [0.05, 0.1) is 12.2 Å². The van der Waals surface area contributed by atoms with E-state index in [9.17, 15) is 4.79 Å². The molecule has 0 N–H and O–H groups in total. The minimum absolute atomic E-state index is 0.0663. The minimum atomic E-state index is -0.163. The number of epoxide rings is 1. The molecule has 0 spiro atoms. The Hall–Kier alpha value is -1.35. The fraction of sp³-hybridized carbons (Fsp3) is 0.750. The van der Waals surface area contributed by atoms with Gasteiger partial charge in [0, 0.05) is 12.8 Å². The molecule has 2 aliphatic heterocycles. The topological polar surface area (TPSA) is 38.8 Å². The summed E-state index contributed by atoms with van der Waals surface area (Å²) < 4.78 is 11.8. The van der Waals surface area contributed by atoms with Crippen molar-refractivity contribution in [2.75, 3.05) is 0 Å². The predicted octanol–water partition coefficient (Wildman–Crippen LogP) is 7.57. The van der Waals surface area contributed by atoms with E-state index in [1.54, 1.807) is 0 Å². The van der Waals surface area contributed by atoms with Gasteiger partial charge >= 0.3 is 5.97 Å². The van der Waals surface area contributed by atoms with E-state index in [0.717, 1.165) is 37.7 Å². The lowest BCUT2D eigenvalue weighted by Gasteiger charge is -2.21. The zero-order valence-corrected chi connectivity index (χ0v) is 20.9. The van der Waals surface area contributed by atoms with Gasteiger partial charge in [0.1, 0.15) is 6.10 Å². The molecule has 2 rings (SSSR count). The summed E-state index contributed by atoms with van der Waals surface area (Å²) >= 11 is 0. The standard InChI is InChI=1S/C28H46O3/c1-7-19-28(5,6)27-25(31-27)20-22(3)15-12-16-23(4)24-17-10-8-13-21(2)14-9-11-18-26(29)30-24/h8,10,12,15-16,21-22,24-25,27H,7,9,11,13-14,17-20H2,1-6H3/b10-8+,15-12?,23-16?. The molecule has 176 valence electrons. The maximum Gasteiger partial charge on any atom is 0.306 e. The van der Waals surface area contributed by atoms with E-state index < -0.39 is 0 Å². The van der Waals surface area contributed by atoms with Crippen LogP contribution in [-0.2, 0) is 14.3 Å². The summed E-state index contributed by atoms with van der Waals surface area (Å²) in [5, 5.41) is 0. The van der Waals surface area contributed by atoms with Crippen LogP contribution in [0.5, 0.6) is 0 Å². The highest BCUT2D eigenvalue weighted by atomic mass is 16.6. The number of cyclic esters (lactones) is 1. The molecule has 3 nitrogen and oxygen atoms in total. The normalized spacial score (nSPS) is 30.9. The summed E-state index contributed by atoms with van der Waals surface area (Å²) in [4.78, 5) is 12.3. The first kappa shape index (κ1) is 25.9. The lowest BCUT2D eigenvalue weighted by Crippen LogP contribution is -2.21. The van der Waals surface area contributed by atoms with Crippen LogP contribution in [0.15, 0.2) is 36.0 Å². The van der Waals surface area contributed by atoms with Gasteiger partial charge in [0.15, 0.2) is 0 Å². The molecular formula is C28H46O3. The van der Waals surface area contributed by atoms with Crippen LogP contribution in [0.25, 0.3) is 0 Å². The van der Waals surface area contributed by atoms with Gasteiger partial charge in [0.2, 0.25) is 0 Å². The van der Waals surface area contributed by atoms with E-state index >= 15 is 0 Å². The van der Waals surface area contributed by atoms with Gasteiger partial charge in [-0.15, -0.1) is 0 Å². The highest BCUT2D eigenvalue weighted by molar-refractivity contribution is 5.69. The number of carbonyl (C=O) groups is 1. The first-order valence-electron chi connectivity index (χ1n) is 12.6.